The first-order valence-electron chi connectivity index (χ1n) is 11.2. The fourth-order valence-corrected chi connectivity index (χ4v) is 4.78. The molecule has 1 aromatic rings. The summed E-state index contributed by atoms with van der Waals surface area (Å²) in [5.74, 6) is 0. The van der Waals surface area contributed by atoms with Gasteiger partial charge in [-0.15, -0.1) is 6.58 Å². The normalized spacial score (nSPS) is 36.7. The van der Waals surface area contributed by atoms with Gasteiger partial charge in [-0.2, -0.15) is 0 Å². The van der Waals surface area contributed by atoms with Crippen molar-refractivity contribution in [3.63, 3.8) is 0 Å². The molecule has 0 unspecified atom stereocenters. The number of rotatable bonds is 6. The second-order valence-electron chi connectivity index (χ2n) is 9.51. The second-order valence-corrected chi connectivity index (χ2v) is 9.51. The van der Waals surface area contributed by atoms with Gasteiger partial charge in [-0.25, -0.2) is 0 Å². The molecule has 0 saturated carbocycles. The van der Waals surface area contributed by atoms with E-state index in [1.807, 2.05) is 43.3 Å². The quantitative estimate of drug-likeness (QED) is 0.511. The molecule has 0 aliphatic carbocycles. The molecule has 0 aromatic heterocycles. The van der Waals surface area contributed by atoms with E-state index in [2.05, 4.69) is 19.7 Å². The van der Waals surface area contributed by atoms with Crippen molar-refractivity contribution in [3.05, 3.63) is 85.0 Å². The van der Waals surface area contributed by atoms with E-state index in [9.17, 15) is 5.11 Å². The van der Waals surface area contributed by atoms with Crippen LogP contribution in [0, 0.1) is 0 Å². The Labute approximate surface area is 191 Å². The third kappa shape index (κ3) is 4.68. The lowest BCUT2D eigenvalue weighted by molar-refractivity contribution is -0.347. The molecule has 3 saturated heterocycles. The van der Waals surface area contributed by atoms with Gasteiger partial charge in [0.2, 0.25) is 0 Å². The lowest BCUT2D eigenvalue weighted by Gasteiger charge is -2.54. The predicted molar refractivity (Wildman–Crippen MR) is 124 cm³/mol. The van der Waals surface area contributed by atoms with Crippen LogP contribution in [0.15, 0.2) is 79.4 Å². The molecule has 0 spiro atoms. The van der Waals surface area contributed by atoms with Crippen LogP contribution in [0.2, 0.25) is 0 Å². The van der Waals surface area contributed by atoms with Gasteiger partial charge in [0.15, 0.2) is 6.29 Å². The molecule has 5 heteroatoms. The Morgan fingerprint density at radius 2 is 2.00 bits per heavy atom. The minimum absolute atomic E-state index is 0.143. The summed E-state index contributed by atoms with van der Waals surface area (Å²) in [6, 6.07) is 9.92. The average Bonchev–Trinajstić information content (AvgIpc) is 2.76. The van der Waals surface area contributed by atoms with Crippen molar-refractivity contribution in [1.82, 2.24) is 0 Å². The molecule has 0 amide bonds. The summed E-state index contributed by atoms with van der Waals surface area (Å²) in [5.41, 5.74) is 0.917. The highest BCUT2D eigenvalue weighted by molar-refractivity contribution is 5.26. The van der Waals surface area contributed by atoms with Gasteiger partial charge in [0, 0.05) is 12.0 Å². The summed E-state index contributed by atoms with van der Waals surface area (Å²) < 4.78 is 25.2. The smallest absolute Gasteiger partial charge is 0.184 e. The first-order valence-corrected chi connectivity index (χ1v) is 11.2. The molecular formula is C27H34O5. The van der Waals surface area contributed by atoms with Crippen molar-refractivity contribution >= 4 is 0 Å². The number of aliphatic hydroxyl groups is 1. The highest BCUT2D eigenvalue weighted by Gasteiger charge is 2.54. The number of ether oxygens (including phenoxy) is 4. The van der Waals surface area contributed by atoms with Crippen molar-refractivity contribution in [1.29, 1.82) is 0 Å². The fraction of sp³-hybridized carbons (Fsp3) is 0.481. The molecule has 5 nitrogen and oxygen atoms in total. The molecular weight excluding hydrogens is 404 g/mol. The Balaban J connectivity index is 1.47. The lowest BCUT2D eigenvalue weighted by Crippen LogP contribution is -2.63. The van der Waals surface area contributed by atoms with Crippen LogP contribution in [-0.4, -0.2) is 47.3 Å². The molecule has 32 heavy (non-hydrogen) atoms. The van der Waals surface area contributed by atoms with Crippen LogP contribution >= 0.6 is 0 Å². The third-order valence-corrected chi connectivity index (χ3v) is 6.58. The monoisotopic (exact) mass is 438 g/mol. The molecule has 4 rings (SSSR count). The number of hydrogen-bond donors (Lipinski definition) is 1. The van der Waals surface area contributed by atoms with Crippen LogP contribution in [-0.2, 0) is 18.9 Å². The Morgan fingerprint density at radius 1 is 1.25 bits per heavy atom. The second kappa shape index (κ2) is 9.08. The zero-order chi connectivity index (χ0) is 22.9. The first-order chi connectivity index (χ1) is 15.2. The van der Waals surface area contributed by atoms with Gasteiger partial charge in [0.05, 0.1) is 24.9 Å². The number of allylic oxidation sites excluding steroid dienone is 3. The topological polar surface area (TPSA) is 57.2 Å². The minimum Gasteiger partial charge on any atom is -0.383 e. The van der Waals surface area contributed by atoms with Gasteiger partial charge in [0.1, 0.15) is 17.3 Å². The van der Waals surface area contributed by atoms with Crippen molar-refractivity contribution in [3.8, 4) is 0 Å². The van der Waals surface area contributed by atoms with Crippen molar-refractivity contribution < 1.29 is 24.1 Å². The Bertz CT molecular complexity index is 889. The van der Waals surface area contributed by atoms with Crippen LogP contribution in [0.25, 0.3) is 0 Å². The van der Waals surface area contributed by atoms with Crippen LogP contribution in [0.1, 0.15) is 45.0 Å². The van der Waals surface area contributed by atoms with E-state index >= 15 is 0 Å². The molecule has 172 valence electrons. The number of fused-ring (bicyclic) bond motifs is 2. The molecule has 3 fully saturated rings. The SMILES string of the molecule is C=CCC(=C)/C=C/[C@](C)(O)[C@H]1O[C@@H]2C[C@@H]3O[C@H](c4ccccc4)OC[C@@]3(C)O[C@H]2CC1=C. The van der Waals surface area contributed by atoms with Crippen LogP contribution < -0.4 is 0 Å². The first kappa shape index (κ1) is 23.1. The van der Waals surface area contributed by atoms with E-state index in [4.69, 9.17) is 18.9 Å². The van der Waals surface area contributed by atoms with Gasteiger partial charge >= 0.3 is 0 Å². The highest BCUT2D eigenvalue weighted by atomic mass is 16.7. The number of benzene rings is 1. The molecule has 1 N–H and O–H groups in total. The van der Waals surface area contributed by atoms with Gasteiger partial charge in [-0.3, -0.25) is 0 Å². The van der Waals surface area contributed by atoms with Gasteiger partial charge < -0.3 is 24.1 Å². The molecule has 3 heterocycles. The Hall–Kier alpha value is -2.02. The van der Waals surface area contributed by atoms with E-state index in [0.29, 0.717) is 25.9 Å². The maximum atomic E-state index is 11.2. The minimum atomic E-state index is -1.21. The summed E-state index contributed by atoms with van der Waals surface area (Å²) in [6.45, 7) is 16.1. The van der Waals surface area contributed by atoms with Gasteiger partial charge in [-0.05, 0) is 32.3 Å². The van der Waals surface area contributed by atoms with E-state index < -0.39 is 23.6 Å². The van der Waals surface area contributed by atoms with Crippen LogP contribution in [0.4, 0.5) is 0 Å². The third-order valence-electron chi connectivity index (χ3n) is 6.58. The van der Waals surface area contributed by atoms with Crippen LogP contribution in [0.3, 0.4) is 0 Å². The number of hydrogen-bond acceptors (Lipinski definition) is 5. The Kier molecular flexibility index (Phi) is 6.57. The molecule has 3 aliphatic rings. The van der Waals surface area contributed by atoms with Crippen molar-refractivity contribution in [2.45, 2.75) is 75.0 Å². The zero-order valence-corrected chi connectivity index (χ0v) is 19.0. The summed E-state index contributed by atoms with van der Waals surface area (Å²) in [5, 5.41) is 11.2. The summed E-state index contributed by atoms with van der Waals surface area (Å²) in [6.07, 6.45) is 5.82. The van der Waals surface area contributed by atoms with E-state index in [1.165, 1.54) is 0 Å². The molecule has 0 bridgehead atoms. The Morgan fingerprint density at radius 3 is 2.72 bits per heavy atom. The zero-order valence-electron chi connectivity index (χ0n) is 19.0. The standard InChI is InChI=1S/C27H34O5/c1-6-10-18(2)13-14-26(4,28)24-19(3)15-22-21(30-24)16-23-27(5,32-22)17-29-25(31-23)20-11-8-7-9-12-20/h6-9,11-14,21-25,28H,1-3,10,15-17H2,4-5H3/b14-13+/t21-,22+,23+,24+,25-,26+,27-/m1/s1. The van der Waals surface area contributed by atoms with Crippen LogP contribution in [0.5, 0.6) is 0 Å². The molecule has 1 aromatic carbocycles. The fourth-order valence-electron chi connectivity index (χ4n) is 4.78. The average molecular weight is 439 g/mol. The highest BCUT2D eigenvalue weighted by Crippen LogP contribution is 2.45. The summed E-state index contributed by atoms with van der Waals surface area (Å²) in [7, 11) is 0. The molecule has 7 atom stereocenters. The molecule has 3 aliphatic heterocycles. The maximum Gasteiger partial charge on any atom is 0.184 e. The van der Waals surface area contributed by atoms with Gasteiger partial charge in [-0.1, -0.05) is 67.3 Å². The predicted octanol–water partition coefficient (Wildman–Crippen LogP) is 4.80. The maximum absolute atomic E-state index is 11.2. The van der Waals surface area contributed by atoms with E-state index in [1.54, 1.807) is 19.1 Å². The van der Waals surface area contributed by atoms with E-state index in [-0.39, 0.29) is 18.3 Å². The largest absolute Gasteiger partial charge is 0.383 e. The summed E-state index contributed by atoms with van der Waals surface area (Å²) in [4.78, 5) is 0. The van der Waals surface area contributed by atoms with Gasteiger partial charge in [0.25, 0.3) is 0 Å². The van der Waals surface area contributed by atoms with E-state index in [0.717, 1.165) is 16.7 Å². The summed E-state index contributed by atoms with van der Waals surface area (Å²) >= 11 is 0. The van der Waals surface area contributed by atoms with Crippen molar-refractivity contribution in [2.24, 2.45) is 0 Å². The molecule has 0 radical (unpaired) electrons. The van der Waals surface area contributed by atoms with Crippen molar-refractivity contribution in [2.75, 3.05) is 6.61 Å². The lowest BCUT2D eigenvalue weighted by atomic mass is 9.80.